The normalized spacial score (nSPS) is 12.5. The van der Waals surface area contributed by atoms with Crippen LogP contribution in [0.15, 0.2) is 54.6 Å². The topological polar surface area (TPSA) is 92.7 Å². The van der Waals surface area contributed by atoms with Gasteiger partial charge in [0, 0.05) is 0 Å². The fourth-order valence-electron chi connectivity index (χ4n) is 2.14. The molecule has 0 heterocycles. The third-order valence-corrected chi connectivity index (χ3v) is 3.98. The summed E-state index contributed by atoms with van der Waals surface area (Å²) in [6.45, 7) is 0.438. The van der Waals surface area contributed by atoms with E-state index in [4.69, 9.17) is 9.84 Å². The summed E-state index contributed by atoms with van der Waals surface area (Å²) in [6.07, 6.45) is 0.991. The fourth-order valence-corrected chi connectivity index (χ4v) is 2.84. The van der Waals surface area contributed by atoms with Crippen molar-refractivity contribution in [2.75, 3.05) is 6.26 Å². The van der Waals surface area contributed by atoms with Crippen molar-refractivity contribution in [1.82, 2.24) is 4.72 Å². The maximum absolute atomic E-state index is 11.2. The molecule has 0 amide bonds. The van der Waals surface area contributed by atoms with Gasteiger partial charge in [0.15, 0.2) is 0 Å². The number of nitrogens with one attached hydrogen (secondary N) is 1. The highest BCUT2D eigenvalue weighted by molar-refractivity contribution is 7.88. The Balaban J connectivity index is 1.96. The lowest BCUT2D eigenvalue weighted by Crippen LogP contribution is -2.41. The Morgan fingerprint density at radius 3 is 2.25 bits per heavy atom. The molecule has 0 spiro atoms. The summed E-state index contributed by atoms with van der Waals surface area (Å²) in [5.74, 6) is -0.560. The van der Waals surface area contributed by atoms with Crippen molar-refractivity contribution in [2.45, 2.75) is 19.1 Å². The monoisotopic (exact) mass is 349 g/mol. The van der Waals surface area contributed by atoms with Gasteiger partial charge in [0.05, 0.1) is 6.26 Å². The molecular weight excluding hydrogens is 330 g/mol. The zero-order valence-electron chi connectivity index (χ0n) is 13.2. The number of rotatable bonds is 8. The SMILES string of the molecule is CS(=O)(=O)N[C@H](Cc1ccc(OCc2ccccc2)cc1)C(=O)O. The highest BCUT2D eigenvalue weighted by atomic mass is 32.2. The van der Waals surface area contributed by atoms with E-state index >= 15 is 0 Å². The Labute approximate surface area is 141 Å². The number of aliphatic carboxylic acids is 1. The summed E-state index contributed by atoms with van der Waals surface area (Å²) in [5, 5.41) is 9.11. The van der Waals surface area contributed by atoms with Crippen molar-refractivity contribution < 1.29 is 23.1 Å². The average Bonchev–Trinajstić information content (AvgIpc) is 2.53. The molecule has 0 unspecified atom stereocenters. The van der Waals surface area contributed by atoms with Crippen LogP contribution in [0, 0.1) is 0 Å². The second kappa shape index (κ2) is 7.94. The second-order valence-electron chi connectivity index (χ2n) is 5.40. The minimum Gasteiger partial charge on any atom is -0.489 e. The molecule has 0 aliphatic carbocycles. The van der Waals surface area contributed by atoms with Crippen molar-refractivity contribution in [3.8, 4) is 5.75 Å². The molecule has 2 rings (SSSR count). The Hall–Kier alpha value is -2.38. The molecule has 0 aromatic heterocycles. The van der Waals surface area contributed by atoms with Crippen molar-refractivity contribution >= 4 is 16.0 Å². The smallest absolute Gasteiger partial charge is 0.322 e. The molecule has 0 bridgehead atoms. The predicted molar refractivity (Wildman–Crippen MR) is 90.3 cm³/mol. The summed E-state index contributed by atoms with van der Waals surface area (Å²) in [5.41, 5.74) is 1.75. The maximum atomic E-state index is 11.2. The number of sulfonamides is 1. The molecule has 1 atom stereocenters. The van der Waals surface area contributed by atoms with Crippen molar-refractivity contribution in [2.24, 2.45) is 0 Å². The molecule has 0 saturated heterocycles. The summed E-state index contributed by atoms with van der Waals surface area (Å²) < 4.78 is 30.2. The number of carboxylic acid groups (broad SMARTS) is 1. The third kappa shape index (κ3) is 6.02. The van der Waals surface area contributed by atoms with E-state index < -0.39 is 22.0 Å². The number of carboxylic acids is 1. The van der Waals surface area contributed by atoms with E-state index in [1.807, 2.05) is 30.3 Å². The minimum atomic E-state index is -3.59. The molecule has 6 nitrogen and oxygen atoms in total. The van der Waals surface area contributed by atoms with Gasteiger partial charge in [0.2, 0.25) is 10.0 Å². The highest BCUT2D eigenvalue weighted by Crippen LogP contribution is 2.15. The molecule has 2 aromatic rings. The van der Waals surface area contributed by atoms with E-state index in [1.54, 1.807) is 24.3 Å². The van der Waals surface area contributed by atoms with Crippen LogP contribution in [0.4, 0.5) is 0 Å². The average molecular weight is 349 g/mol. The van der Waals surface area contributed by atoms with Crippen LogP contribution < -0.4 is 9.46 Å². The van der Waals surface area contributed by atoms with Gasteiger partial charge in [-0.15, -0.1) is 0 Å². The summed E-state index contributed by atoms with van der Waals surface area (Å²) in [6, 6.07) is 15.4. The zero-order chi connectivity index (χ0) is 17.6. The number of benzene rings is 2. The van der Waals surface area contributed by atoms with Crippen molar-refractivity contribution in [3.05, 3.63) is 65.7 Å². The standard InChI is InChI=1S/C17H19NO5S/c1-24(21,22)18-16(17(19)20)11-13-7-9-15(10-8-13)23-12-14-5-3-2-4-6-14/h2-10,16,18H,11-12H2,1H3,(H,19,20)/t16-/m1/s1. The van der Waals surface area contributed by atoms with Crippen molar-refractivity contribution in [3.63, 3.8) is 0 Å². The molecular formula is C17H19NO5S. The first-order valence-corrected chi connectivity index (χ1v) is 9.18. The lowest BCUT2D eigenvalue weighted by atomic mass is 10.1. The Morgan fingerprint density at radius 1 is 1.08 bits per heavy atom. The quantitative estimate of drug-likeness (QED) is 0.758. The van der Waals surface area contributed by atoms with Gasteiger partial charge in [-0.1, -0.05) is 42.5 Å². The molecule has 0 fully saturated rings. The van der Waals surface area contributed by atoms with Gasteiger partial charge in [0.25, 0.3) is 0 Å². The molecule has 7 heteroatoms. The Kier molecular flexibility index (Phi) is 5.94. The minimum absolute atomic E-state index is 0.0569. The summed E-state index contributed by atoms with van der Waals surface area (Å²) in [7, 11) is -3.59. The molecule has 128 valence electrons. The molecule has 0 radical (unpaired) electrons. The third-order valence-electron chi connectivity index (χ3n) is 3.27. The highest BCUT2D eigenvalue weighted by Gasteiger charge is 2.21. The van der Waals surface area contributed by atoms with Crippen LogP contribution in [0.2, 0.25) is 0 Å². The van der Waals surface area contributed by atoms with Crippen LogP contribution in [0.5, 0.6) is 5.75 Å². The van der Waals surface area contributed by atoms with E-state index in [-0.39, 0.29) is 6.42 Å². The fraction of sp³-hybridized carbons (Fsp3) is 0.235. The lowest BCUT2D eigenvalue weighted by molar-refractivity contribution is -0.138. The van der Waals surface area contributed by atoms with Gasteiger partial charge >= 0.3 is 5.97 Å². The molecule has 24 heavy (non-hydrogen) atoms. The first-order chi connectivity index (χ1) is 11.3. The number of carbonyl (C=O) groups is 1. The Bertz CT molecular complexity index is 772. The Morgan fingerprint density at radius 2 is 1.71 bits per heavy atom. The zero-order valence-corrected chi connectivity index (χ0v) is 14.0. The number of hydrogen-bond acceptors (Lipinski definition) is 4. The van der Waals surface area contributed by atoms with E-state index in [9.17, 15) is 13.2 Å². The van der Waals surface area contributed by atoms with E-state index in [0.717, 1.165) is 11.8 Å². The second-order valence-corrected chi connectivity index (χ2v) is 7.18. The maximum Gasteiger partial charge on any atom is 0.322 e. The lowest BCUT2D eigenvalue weighted by Gasteiger charge is -2.13. The summed E-state index contributed by atoms with van der Waals surface area (Å²) in [4.78, 5) is 11.2. The largest absolute Gasteiger partial charge is 0.489 e. The van der Waals surface area contributed by atoms with Gasteiger partial charge in [-0.2, -0.15) is 0 Å². The number of ether oxygens (including phenoxy) is 1. The number of hydrogen-bond donors (Lipinski definition) is 2. The van der Waals surface area contributed by atoms with Crippen LogP contribution in [-0.4, -0.2) is 31.8 Å². The summed E-state index contributed by atoms with van der Waals surface area (Å²) >= 11 is 0. The van der Waals surface area contributed by atoms with Gasteiger partial charge < -0.3 is 9.84 Å². The van der Waals surface area contributed by atoms with Crippen LogP contribution in [0.1, 0.15) is 11.1 Å². The van der Waals surface area contributed by atoms with Crippen molar-refractivity contribution in [1.29, 1.82) is 0 Å². The van der Waals surface area contributed by atoms with E-state index in [1.165, 1.54) is 0 Å². The van der Waals surface area contributed by atoms with Crippen LogP contribution in [-0.2, 0) is 27.8 Å². The van der Waals surface area contributed by atoms with Gasteiger partial charge in [-0.3, -0.25) is 4.79 Å². The van der Waals surface area contributed by atoms with Crippen LogP contribution >= 0.6 is 0 Å². The van der Waals surface area contributed by atoms with Crippen LogP contribution in [0.3, 0.4) is 0 Å². The van der Waals surface area contributed by atoms with Gasteiger partial charge in [-0.05, 0) is 29.7 Å². The van der Waals surface area contributed by atoms with Gasteiger partial charge in [0.1, 0.15) is 18.4 Å². The van der Waals surface area contributed by atoms with E-state index in [2.05, 4.69) is 4.72 Å². The molecule has 0 aliphatic heterocycles. The molecule has 2 N–H and O–H groups in total. The van der Waals surface area contributed by atoms with Crippen LogP contribution in [0.25, 0.3) is 0 Å². The molecule has 0 saturated carbocycles. The predicted octanol–water partition coefficient (Wildman–Crippen LogP) is 1.81. The first-order valence-electron chi connectivity index (χ1n) is 7.29. The molecule has 0 aliphatic rings. The van der Waals surface area contributed by atoms with E-state index in [0.29, 0.717) is 17.9 Å². The molecule has 2 aromatic carbocycles. The van der Waals surface area contributed by atoms with Gasteiger partial charge in [-0.25, -0.2) is 13.1 Å². The first kappa shape index (κ1) is 18.0.